The number of carboxylic acid groups (broad SMARTS) is 2. The molecule has 5 nitrogen and oxygen atoms in total. The maximum atomic E-state index is 11.4. The van der Waals surface area contributed by atoms with Crippen LogP contribution in [0.15, 0.2) is 23.8 Å². The lowest BCUT2D eigenvalue weighted by Gasteiger charge is -2.34. The Morgan fingerprint density at radius 2 is 2.11 bits per heavy atom. The Balaban J connectivity index is 2.23. The van der Waals surface area contributed by atoms with Gasteiger partial charge in [-0.3, -0.25) is 4.79 Å². The largest absolute Gasteiger partial charge is 0.481 e. The molecule has 1 saturated carbocycles. The Bertz CT molecular complexity index is 436. The van der Waals surface area contributed by atoms with E-state index in [1.807, 2.05) is 0 Å². The van der Waals surface area contributed by atoms with Crippen molar-refractivity contribution in [2.24, 2.45) is 11.3 Å². The van der Waals surface area contributed by atoms with E-state index >= 15 is 0 Å². The van der Waals surface area contributed by atoms with Crippen molar-refractivity contribution in [2.45, 2.75) is 25.8 Å². The van der Waals surface area contributed by atoms with Gasteiger partial charge in [-0.25, -0.2) is 4.79 Å². The molecule has 0 aliphatic heterocycles. The normalized spacial score (nSPS) is 30.9. The van der Waals surface area contributed by atoms with Gasteiger partial charge in [0.2, 0.25) is 0 Å². The van der Waals surface area contributed by atoms with Gasteiger partial charge in [0.1, 0.15) is 5.41 Å². The molecule has 0 radical (unpaired) electrons. The minimum absolute atomic E-state index is 0.114. The Hall–Kier alpha value is -1.62. The van der Waals surface area contributed by atoms with Gasteiger partial charge in [-0.05, 0) is 32.2 Å². The predicted molar refractivity (Wildman–Crippen MR) is 65.1 cm³/mol. The molecule has 0 aromatic carbocycles. The van der Waals surface area contributed by atoms with E-state index in [2.05, 4.69) is 5.32 Å². The molecule has 3 N–H and O–H groups in total. The summed E-state index contributed by atoms with van der Waals surface area (Å²) in [6.07, 6.45) is 6.79. The van der Waals surface area contributed by atoms with Crippen LogP contribution in [0.3, 0.4) is 0 Å². The molecule has 1 fully saturated rings. The number of aliphatic carboxylic acids is 2. The average molecular weight is 251 g/mol. The zero-order valence-electron chi connectivity index (χ0n) is 10.2. The van der Waals surface area contributed by atoms with Crippen LogP contribution in [0.25, 0.3) is 0 Å². The zero-order chi connectivity index (χ0) is 13.3. The van der Waals surface area contributed by atoms with E-state index in [-0.39, 0.29) is 5.57 Å². The van der Waals surface area contributed by atoms with Gasteiger partial charge in [-0.15, -0.1) is 0 Å². The van der Waals surface area contributed by atoms with Crippen molar-refractivity contribution in [1.82, 2.24) is 5.32 Å². The molecule has 2 atom stereocenters. The maximum Gasteiger partial charge on any atom is 0.333 e. The summed E-state index contributed by atoms with van der Waals surface area (Å²) in [5, 5.41) is 21.6. The first-order valence-electron chi connectivity index (χ1n) is 6.04. The predicted octanol–water partition coefficient (Wildman–Crippen LogP) is 1.03. The molecule has 5 heteroatoms. The van der Waals surface area contributed by atoms with Crippen molar-refractivity contribution >= 4 is 11.9 Å². The van der Waals surface area contributed by atoms with Gasteiger partial charge in [0.05, 0.1) is 11.6 Å². The Kier molecular flexibility index (Phi) is 3.26. The van der Waals surface area contributed by atoms with Gasteiger partial charge < -0.3 is 15.5 Å². The number of hydrogen-bond acceptors (Lipinski definition) is 3. The third-order valence-electron chi connectivity index (χ3n) is 3.64. The van der Waals surface area contributed by atoms with Crippen LogP contribution in [0.5, 0.6) is 0 Å². The zero-order valence-corrected chi connectivity index (χ0v) is 10.2. The summed E-state index contributed by atoms with van der Waals surface area (Å²) >= 11 is 0. The van der Waals surface area contributed by atoms with Gasteiger partial charge in [-0.2, -0.15) is 0 Å². The second-order valence-electron chi connectivity index (χ2n) is 5.16. The number of hydrogen-bond donors (Lipinski definition) is 3. The molecular weight excluding hydrogens is 234 g/mol. The van der Waals surface area contributed by atoms with Crippen LogP contribution in [-0.2, 0) is 9.59 Å². The van der Waals surface area contributed by atoms with Crippen molar-refractivity contribution in [2.75, 3.05) is 6.54 Å². The van der Waals surface area contributed by atoms with Crippen LogP contribution in [0, 0.1) is 11.3 Å². The molecule has 18 heavy (non-hydrogen) atoms. The summed E-state index contributed by atoms with van der Waals surface area (Å²) < 4.78 is 0. The molecule has 98 valence electrons. The van der Waals surface area contributed by atoms with Crippen LogP contribution in [0.4, 0.5) is 0 Å². The monoisotopic (exact) mass is 251 g/mol. The smallest absolute Gasteiger partial charge is 0.333 e. The van der Waals surface area contributed by atoms with Gasteiger partial charge >= 0.3 is 11.9 Å². The highest BCUT2D eigenvalue weighted by Gasteiger charge is 2.44. The van der Waals surface area contributed by atoms with Crippen LogP contribution in [0.1, 0.15) is 19.8 Å². The van der Waals surface area contributed by atoms with Gasteiger partial charge in [0.15, 0.2) is 0 Å². The fourth-order valence-corrected chi connectivity index (χ4v) is 2.19. The third kappa shape index (κ3) is 2.31. The summed E-state index contributed by atoms with van der Waals surface area (Å²) in [5.74, 6) is -1.52. The maximum absolute atomic E-state index is 11.4. The topological polar surface area (TPSA) is 86.6 Å². The van der Waals surface area contributed by atoms with E-state index in [1.54, 1.807) is 13.0 Å². The van der Waals surface area contributed by atoms with Crippen LogP contribution in [-0.4, -0.2) is 34.7 Å². The number of carbonyl (C=O) groups is 2. The molecule has 2 unspecified atom stereocenters. The number of carboxylic acids is 2. The van der Waals surface area contributed by atoms with E-state index in [1.165, 1.54) is 12.2 Å². The average Bonchev–Trinajstić information content (AvgIpc) is 3.10. The summed E-state index contributed by atoms with van der Waals surface area (Å²) in [6, 6.07) is -0.682. The number of nitrogens with one attached hydrogen (secondary N) is 1. The van der Waals surface area contributed by atoms with Crippen molar-refractivity contribution < 1.29 is 19.8 Å². The molecule has 0 heterocycles. The standard InChI is InChI=1S/C13H17NO4/c1-13(12(17)18)6-2-3-9(11(15)16)10(13)14-7-8-4-5-8/h2-3,6,8,10,14H,4-5,7H2,1H3,(H,15,16)(H,17,18). The fourth-order valence-electron chi connectivity index (χ4n) is 2.19. The molecular formula is C13H17NO4. The molecule has 2 aliphatic carbocycles. The lowest BCUT2D eigenvalue weighted by Crippen LogP contribution is -2.51. The second kappa shape index (κ2) is 4.57. The summed E-state index contributed by atoms with van der Waals surface area (Å²) in [5.41, 5.74) is -1.10. The van der Waals surface area contributed by atoms with E-state index in [0.29, 0.717) is 12.5 Å². The minimum atomic E-state index is -1.21. The minimum Gasteiger partial charge on any atom is -0.481 e. The van der Waals surface area contributed by atoms with E-state index in [9.17, 15) is 14.7 Å². The van der Waals surface area contributed by atoms with Crippen LogP contribution < -0.4 is 5.32 Å². The quantitative estimate of drug-likeness (QED) is 0.679. The third-order valence-corrected chi connectivity index (χ3v) is 3.64. The SMILES string of the molecule is CC1(C(=O)O)C=CC=C(C(=O)O)C1NCC1CC1. The highest BCUT2D eigenvalue weighted by molar-refractivity contribution is 5.92. The summed E-state index contributed by atoms with van der Waals surface area (Å²) in [4.78, 5) is 22.6. The first kappa shape index (κ1) is 12.8. The molecule has 2 rings (SSSR count). The van der Waals surface area contributed by atoms with Gasteiger partial charge in [-0.1, -0.05) is 18.2 Å². The van der Waals surface area contributed by atoms with Crippen molar-refractivity contribution in [1.29, 1.82) is 0 Å². The molecule has 0 saturated heterocycles. The number of allylic oxidation sites excluding steroid dienone is 2. The molecule has 0 bridgehead atoms. The lowest BCUT2D eigenvalue weighted by atomic mass is 9.75. The van der Waals surface area contributed by atoms with Gasteiger partial charge in [0.25, 0.3) is 0 Å². The first-order valence-corrected chi connectivity index (χ1v) is 6.04. The Morgan fingerprint density at radius 3 is 2.61 bits per heavy atom. The number of rotatable bonds is 5. The Morgan fingerprint density at radius 1 is 1.44 bits per heavy atom. The van der Waals surface area contributed by atoms with Crippen molar-refractivity contribution in [3.63, 3.8) is 0 Å². The molecule has 0 aromatic heterocycles. The van der Waals surface area contributed by atoms with E-state index < -0.39 is 23.4 Å². The van der Waals surface area contributed by atoms with Crippen LogP contribution >= 0.6 is 0 Å². The summed E-state index contributed by atoms with van der Waals surface area (Å²) in [7, 11) is 0. The second-order valence-corrected chi connectivity index (χ2v) is 5.16. The lowest BCUT2D eigenvalue weighted by molar-refractivity contribution is -0.146. The van der Waals surface area contributed by atoms with Crippen molar-refractivity contribution in [3.8, 4) is 0 Å². The molecule has 0 amide bonds. The molecule has 0 aromatic rings. The molecule has 2 aliphatic rings. The Labute approximate surface area is 105 Å². The van der Waals surface area contributed by atoms with Crippen molar-refractivity contribution in [3.05, 3.63) is 23.8 Å². The summed E-state index contributed by atoms with van der Waals surface area (Å²) in [6.45, 7) is 2.22. The molecule has 0 spiro atoms. The van der Waals surface area contributed by atoms with Gasteiger partial charge in [0, 0.05) is 0 Å². The van der Waals surface area contributed by atoms with E-state index in [4.69, 9.17) is 5.11 Å². The highest BCUT2D eigenvalue weighted by Crippen LogP contribution is 2.34. The van der Waals surface area contributed by atoms with Crippen LogP contribution in [0.2, 0.25) is 0 Å². The highest BCUT2D eigenvalue weighted by atomic mass is 16.4. The fraction of sp³-hybridized carbons (Fsp3) is 0.538. The first-order chi connectivity index (χ1) is 8.45. The van der Waals surface area contributed by atoms with E-state index in [0.717, 1.165) is 12.8 Å².